The fourth-order valence-corrected chi connectivity index (χ4v) is 3.97. The third kappa shape index (κ3) is 5.60. The second-order valence-electron chi connectivity index (χ2n) is 5.85. The number of aryl methyl sites for hydroxylation is 1. The molecule has 0 aliphatic carbocycles. The van der Waals surface area contributed by atoms with Crippen LogP contribution >= 0.6 is 7.59 Å². The van der Waals surface area contributed by atoms with Crippen molar-refractivity contribution in [1.82, 2.24) is 14.4 Å². The van der Waals surface area contributed by atoms with Crippen molar-refractivity contribution in [2.24, 2.45) is 0 Å². The number of rotatable bonds is 9. The molecule has 0 atom stereocenters. The number of benzene rings is 1. The summed E-state index contributed by atoms with van der Waals surface area (Å²) in [6, 6.07) is 10.5. The van der Waals surface area contributed by atoms with E-state index in [0.29, 0.717) is 0 Å². The van der Waals surface area contributed by atoms with Gasteiger partial charge >= 0.3 is 7.59 Å². The first kappa shape index (κ1) is 19.0. The van der Waals surface area contributed by atoms with E-state index >= 15 is 0 Å². The topological polar surface area (TPSA) is 35.6 Å². The first-order valence-corrected chi connectivity index (χ1v) is 9.48. The molecule has 5 heteroatoms. The van der Waals surface area contributed by atoms with Gasteiger partial charge in [-0.1, -0.05) is 49.8 Å². The Labute approximate surface area is 135 Å². The molecule has 22 heavy (non-hydrogen) atoms. The lowest BCUT2D eigenvalue weighted by molar-refractivity contribution is 0.437. The smallest absolute Gasteiger partial charge is 0.307 e. The molecule has 1 N–H and O–H groups in total. The Hall–Kier alpha value is -1.09. The van der Waals surface area contributed by atoms with Crippen LogP contribution in [0.4, 0.5) is 0 Å². The molecule has 0 unspecified atom stereocenters. The van der Waals surface area contributed by atoms with Crippen LogP contribution in [0.25, 0.3) is 0 Å². The van der Waals surface area contributed by atoms with E-state index in [-0.39, 0.29) is 0 Å². The Morgan fingerprint density at radius 3 is 2.23 bits per heavy atom. The van der Waals surface area contributed by atoms with Gasteiger partial charge in [0.15, 0.2) is 0 Å². The quantitative estimate of drug-likeness (QED) is 0.693. The molecule has 0 spiro atoms. The van der Waals surface area contributed by atoms with Crippen LogP contribution in [-0.2, 0) is 11.0 Å². The summed E-state index contributed by atoms with van der Waals surface area (Å²) >= 11 is 0. The molecule has 0 aliphatic rings. The van der Waals surface area contributed by atoms with Gasteiger partial charge in [0.1, 0.15) is 0 Å². The average Bonchev–Trinajstić information content (AvgIpc) is 2.48. The van der Waals surface area contributed by atoms with E-state index in [0.717, 1.165) is 31.4 Å². The fraction of sp³-hybridized carbons (Fsp3) is 0.529. The third-order valence-corrected chi connectivity index (χ3v) is 6.31. The zero-order valence-corrected chi connectivity index (χ0v) is 15.4. The Morgan fingerprint density at radius 1 is 1.14 bits per heavy atom. The van der Waals surface area contributed by atoms with E-state index in [1.807, 2.05) is 34.3 Å². The zero-order valence-electron chi connectivity index (χ0n) is 14.5. The summed E-state index contributed by atoms with van der Waals surface area (Å²) in [6.45, 7) is 2.14. The standard InChI is InChI=1S/C17H30N3OP/c1-6-11-17(18-22(21,19(2)3)20(4)5)15-10-14-16-12-8-7-9-13-16/h7-9,12-13,15H,6,10-11,14H2,1-5H3,(H,18,21)/b17-15-. The van der Waals surface area contributed by atoms with Crippen molar-refractivity contribution in [3.8, 4) is 0 Å². The largest absolute Gasteiger partial charge is 0.317 e. The van der Waals surface area contributed by atoms with Crippen molar-refractivity contribution < 1.29 is 4.57 Å². The van der Waals surface area contributed by atoms with E-state index in [1.54, 1.807) is 9.34 Å². The lowest BCUT2D eigenvalue weighted by Gasteiger charge is -2.32. The number of hydrogen-bond acceptors (Lipinski definition) is 1. The molecule has 0 bridgehead atoms. The summed E-state index contributed by atoms with van der Waals surface area (Å²) in [4.78, 5) is 0. The third-order valence-electron chi connectivity index (χ3n) is 3.56. The summed E-state index contributed by atoms with van der Waals surface area (Å²) < 4.78 is 16.6. The monoisotopic (exact) mass is 323 g/mol. The molecule has 0 saturated heterocycles. The van der Waals surface area contributed by atoms with E-state index in [2.05, 4.69) is 42.4 Å². The maximum Gasteiger partial charge on any atom is 0.307 e. The molecule has 124 valence electrons. The van der Waals surface area contributed by atoms with Crippen LogP contribution in [0, 0.1) is 0 Å². The van der Waals surface area contributed by atoms with Gasteiger partial charge in [-0.15, -0.1) is 0 Å². The Kier molecular flexibility index (Phi) is 7.88. The molecular weight excluding hydrogens is 293 g/mol. The normalized spacial score (nSPS) is 13.0. The van der Waals surface area contributed by atoms with Crippen LogP contribution < -0.4 is 5.09 Å². The van der Waals surface area contributed by atoms with Crippen LogP contribution in [-0.4, -0.2) is 37.5 Å². The van der Waals surface area contributed by atoms with Gasteiger partial charge in [-0.25, -0.2) is 9.34 Å². The van der Waals surface area contributed by atoms with Gasteiger partial charge in [0.2, 0.25) is 0 Å². The number of hydrogen-bond donors (Lipinski definition) is 1. The summed E-state index contributed by atoms with van der Waals surface area (Å²) in [7, 11) is 4.68. The maximum atomic E-state index is 13.0. The molecule has 0 aliphatic heterocycles. The highest BCUT2D eigenvalue weighted by Gasteiger charge is 2.28. The SMILES string of the molecule is CCC/C(=C/CCc1ccccc1)NP(=O)(N(C)C)N(C)C. The fourth-order valence-electron chi connectivity index (χ4n) is 2.28. The van der Waals surface area contributed by atoms with E-state index in [1.165, 1.54) is 5.56 Å². The molecular formula is C17H30N3OP. The van der Waals surface area contributed by atoms with Crippen LogP contribution in [0.15, 0.2) is 42.1 Å². The van der Waals surface area contributed by atoms with Crippen LogP contribution in [0.1, 0.15) is 31.7 Å². The Balaban J connectivity index is 2.75. The summed E-state index contributed by atoms with van der Waals surface area (Å²) in [5, 5.41) is 3.29. The van der Waals surface area contributed by atoms with E-state index in [4.69, 9.17) is 0 Å². The Bertz CT molecular complexity index is 500. The second-order valence-corrected chi connectivity index (χ2v) is 8.77. The van der Waals surface area contributed by atoms with Gasteiger partial charge in [0.25, 0.3) is 0 Å². The van der Waals surface area contributed by atoms with Crippen molar-refractivity contribution in [3.05, 3.63) is 47.7 Å². The zero-order chi connectivity index (χ0) is 16.6. The van der Waals surface area contributed by atoms with Crippen molar-refractivity contribution >= 4 is 7.59 Å². The highest BCUT2D eigenvalue weighted by Crippen LogP contribution is 2.46. The first-order valence-electron chi connectivity index (χ1n) is 7.87. The molecule has 0 radical (unpaired) electrons. The minimum Gasteiger partial charge on any atom is -0.317 e. The van der Waals surface area contributed by atoms with Gasteiger partial charge < -0.3 is 5.09 Å². The number of allylic oxidation sites excluding steroid dienone is 2. The van der Waals surface area contributed by atoms with E-state index in [9.17, 15) is 4.57 Å². The number of nitrogens with zero attached hydrogens (tertiary/aromatic N) is 2. The van der Waals surface area contributed by atoms with Crippen LogP contribution in [0.3, 0.4) is 0 Å². The minimum absolute atomic E-state index is 0.917. The summed E-state index contributed by atoms with van der Waals surface area (Å²) in [5.74, 6) is 0. The molecule has 0 amide bonds. The molecule has 0 aromatic heterocycles. The maximum absolute atomic E-state index is 13.0. The molecule has 1 rings (SSSR count). The average molecular weight is 323 g/mol. The van der Waals surface area contributed by atoms with Gasteiger partial charge in [-0.3, -0.25) is 4.57 Å². The summed E-state index contributed by atoms with van der Waals surface area (Å²) in [6.07, 6.45) is 6.10. The van der Waals surface area contributed by atoms with Crippen LogP contribution in [0.2, 0.25) is 0 Å². The lowest BCUT2D eigenvalue weighted by Crippen LogP contribution is -2.30. The van der Waals surface area contributed by atoms with Crippen molar-refractivity contribution in [1.29, 1.82) is 0 Å². The number of nitrogens with one attached hydrogen (secondary N) is 1. The highest BCUT2D eigenvalue weighted by molar-refractivity contribution is 7.57. The molecule has 1 aromatic rings. The molecule has 0 fully saturated rings. The molecule has 0 saturated carbocycles. The van der Waals surface area contributed by atoms with Crippen LogP contribution in [0.5, 0.6) is 0 Å². The van der Waals surface area contributed by atoms with Crippen molar-refractivity contribution in [2.45, 2.75) is 32.6 Å². The van der Waals surface area contributed by atoms with Gasteiger partial charge in [0, 0.05) is 5.70 Å². The van der Waals surface area contributed by atoms with Gasteiger partial charge in [-0.2, -0.15) is 0 Å². The molecule has 4 nitrogen and oxygen atoms in total. The second kappa shape index (κ2) is 9.14. The first-order chi connectivity index (χ1) is 10.4. The minimum atomic E-state index is -2.71. The molecule has 1 aromatic carbocycles. The molecule has 0 heterocycles. The lowest BCUT2D eigenvalue weighted by atomic mass is 10.1. The van der Waals surface area contributed by atoms with Crippen molar-refractivity contribution in [2.75, 3.05) is 28.2 Å². The van der Waals surface area contributed by atoms with Crippen molar-refractivity contribution in [3.63, 3.8) is 0 Å². The predicted molar refractivity (Wildman–Crippen MR) is 95.9 cm³/mol. The summed E-state index contributed by atoms with van der Waals surface area (Å²) in [5.41, 5.74) is 2.40. The van der Waals surface area contributed by atoms with Gasteiger partial charge in [-0.05, 0) is 53.0 Å². The van der Waals surface area contributed by atoms with Gasteiger partial charge in [0.05, 0.1) is 0 Å². The predicted octanol–water partition coefficient (Wildman–Crippen LogP) is 4.12. The highest BCUT2D eigenvalue weighted by atomic mass is 31.2. The van der Waals surface area contributed by atoms with E-state index < -0.39 is 7.59 Å². The Morgan fingerprint density at radius 2 is 1.73 bits per heavy atom.